The van der Waals surface area contributed by atoms with Crippen LogP contribution in [-0.2, 0) is 14.3 Å². The SMILES string of the molecule is CC(=O)C/C(=C/C(=O)OC(C)(C)C)C(F)(F)F. The molecule has 0 radical (unpaired) electrons. The predicted molar refractivity (Wildman–Crippen MR) is 55.3 cm³/mol. The van der Waals surface area contributed by atoms with Gasteiger partial charge in [-0.25, -0.2) is 4.79 Å². The molecule has 17 heavy (non-hydrogen) atoms. The third kappa shape index (κ3) is 7.54. The number of rotatable bonds is 3. The summed E-state index contributed by atoms with van der Waals surface area (Å²) in [4.78, 5) is 21.9. The van der Waals surface area contributed by atoms with E-state index in [4.69, 9.17) is 4.74 Å². The summed E-state index contributed by atoms with van der Waals surface area (Å²) in [6, 6.07) is 0. The first-order valence-corrected chi connectivity index (χ1v) is 4.92. The summed E-state index contributed by atoms with van der Waals surface area (Å²) in [5.41, 5.74) is -2.07. The number of Topliss-reactive ketones (excluding diaryl/α,β-unsaturated/α-hetero) is 1. The largest absolute Gasteiger partial charge is 0.457 e. The minimum atomic E-state index is -4.71. The summed E-state index contributed by atoms with van der Waals surface area (Å²) in [6.07, 6.45) is -5.21. The van der Waals surface area contributed by atoms with Gasteiger partial charge in [0.2, 0.25) is 0 Å². The van der Waals surface area contributed by atoms with Gasteiger partial charge in [0.1, 0.15) is 11.4 Å². The zero-order valence-corrected chi connectivity index (χ0v) is 10.1. The Morgan fingerprint density at radius 1 is 1.18 bits per heavy atom. The number of alkyl halides is 3. The molecule has 0 aromatic carbocycles. The van der Waals surface area contributed by atoms with E-state index in [1.807, 2.05) is 0 Å². The Labute approximate surface area is 97.6 Å². The van der Waals surface area contributed by atoms with Crippen LogP contribution >= 0.6 is 0 Å². The van der Waals surface area contributed by atoms with Crippen LogP contribution in [0, 0.1) is 0 Å². The molecule has 0 unspecified atom stereocenters. The van der Waals surface area contributed by atoms with Crippen LogP contribution in [0.4, 0.5) is 13.2 Å². The Kier molecular flexibility index (Phi) is 4.92. The van der Waals surface area contributed by atoms with Gasteiger partial charge in [0.05, 0.1) is 0 Å². The fourth-order valence-electron chi connectivity index (χ4n) is 0.975. The van der Waals surface area contributed by atoms with E-state index in [1.165, 1.54) is 20.8 Å². The van der Waals surface area contributed by atoms with Gasteiger partial charge in [0.15, 0.2) is 0 Å². The molecule has 0 saturated carbocycles. The highest BCUT2D eigenvalue weighted by Crippen LogP contribution is 2.28. The van der Waals surface area contributed by atoms with Crippen molar-refractivity contribution >= 4 is 11.8 Å². The predicted octanol–water partition coefficient (Wildman–Crippen LogP) is 2.80. The fourth-order valence-corrected chi connectivity index (χ4v) is 0.975. The zero-order chi connectivity index (χ0) is 13.9. The zero-order valence-electron chi connectivity index (χ0n) is 10.1. The van der Waals surface area contributed by atoms with Gasteiger partial charge in [-0.3, -0.25) is 4.79 Å². The highest BCUT2D eigenvalue weighted by molar-refractivity contribution is 5.86. The maximum absolute atomic E-state index is 12.4. The first-order chi connectivity index (χ1) is 7.42. The number of allylic oxidation sites excluding steroid dienone is 1. The molecule has 6 heteroatoms. The molecule has 0 fully saturated rings. The average molecular weight is 252 g/mol. The van der Waals surface area contributed by atoms with Crippen molar-refractivity contribution in [2.75, 3.05) is 0 Å². The smallest absolute Gasteiger partial charge is 0.413 e. The second-order valence-corrected chi connectivity index (χ2v) is 4.58. The lowest BCUT2D eigenvalue weighted by atomic mass is 10.1. The standard InChI is InChI=1S/C11H15F3O3/c1-7(15)5-8(11(12,13)14)6-9(16)17-10(2,3)4/h6H,5H2,1-4H3/b8-6-. The lowest BCUT2D eigenvalue weighted by molar-refractivity contribution is -0.149. The van der Waals surface area contributed by atoms with Crippen LogP contribution in [0.25, 0.3) is 0 Å². The first-order valence-electron chi connectivity index (χ1n) is 4.92. The molecule has 0 aliphatic heterocycles. The molecule has 0 saturated heterocycles. The van der Waals surface area contributed by atoms with Crippen LogP contribution < -0.4 is 0 Å². The molecular weight excluding hydrogens is 237 g/mol. The fraction of sp³-hybridized carbons (Fsp3) is 0.636. The highest BCUT2D eigenvalue weighted by atomic mass is 19.4. The molecule has 0 aromatic heterocycles. The van der Waals surface area contributed by atoms with Gasteiger partial charge in [0.25, 0.3) is 0 Å². The van der Waals surface area contributed by atoms with Crippen molar-refractivity contribution in [3.63, 3.8) is 0 Å². The molecule has 0 aromatic rings. The van der Waals surface area contributed by atoms with Crippen molar-refractivity contribution < 1.29 is 27.5 Å². The molecule has 0 rings (SSSR count). The van der Waals surface area contributed by atoms with E-state index in [0.29, 0.717) is 6.08 Å². The molecule has 0 heterocycles. The normalized spacial score (nSPS) is 13.5. The maximum atomic E-state index is 12.4. The van der Waals surface area contributed by atoms with E-state index in [1.54, 1.807) is 0 Å². The second kappa shape index (κ2) is 5.33. The third-order valence-corrected chi connectivity index (χ3v) is 1.50. The quantitative estimate of drug-likeness (QED) is 0.573. The molecule has 0 aliphatic rings. The van der Waals surface area contributed by atoms with E-state index in [-0.39, 0.29) is 0 Å². The third-order valence-electron chi connectivity index (χ3n) is 1.50. The molecule has 0 atom stereocenters. The number of carbonyl (C=O) groups is 2. The summed E-state index contributed by atoms with van der Waals surface area (Å²) >= 11 is 0. The molecule has 3 nitrogen and oxygen atoms in total. The molecule has 0 N–H and O–H groups in total. The minimum Gasteiger partial charge on any atom is -0.457 e. The molecule has 0 aliphatic carbocycles. The van der Waals surface area contributed by atoms with E-state index in [2.05, 4.69) is 0 Å². The summed E-state index contributed by atoms with van der Waals surface area (Å²) in [6.45, 7) is 5.64. The van der Waals surface area contributed by atoms with Crippen molar-refractivity contribution in [2.45, 2.75) is 45.9 Å². The van der Waals surface area contributed by atoms with E-state index >= 15 is 0 Å². The second-order valence-electron chi connectivity index (χ2n) is 4.58. The lowest BCUT2D eigenvalue weighted by Gasteiger charge is -2.19. The highest BCUT2D eigenvalue weighted by Gasteiger charge is 2.35. The van der Waals surface area contributed by atoms with Gasteiger partial charge in [-0.15, -0.1) is 0 Å². The Morgan fingerprint density at radius 3 is 1.94 bits per heavy atom. The summed E-state index contributed by atoms with van der Waals surface area (Å²) in [7, 11) is 0. The van der Waals surface area contributed by atoms with Gasteiger partial charge >= 0.3 is 12.1 Å². The molecule has 0 amide bonds. The number of hydrogen-bond acceptors (Lipinski definition) is 3. The van der Waals surface area contributed by atoms with Crippen LogP contribution in [0.5, 0.6) is 0 Å². The summed E-state index contributed by atoms with van der Waals surface area (Å²) < 4.78 is 42.1. The van der Waals surface area contributed by atoms with E-state index in [9.17, 15) is 22.8 Å². The molecular formula is C11H15F3O3. The van der Waals surface area contributed by atoms with Gasteiger partial charge in [-0.05, 0) is 27.7 Å². The van der Waals surface area contributed by atoms with Crippen LogP contribution in [0.2, 0.25) is 0 Å². The number of ether oxygens (including phenoxy) is 1. The number of ketones is 1. The first kappa shape index (κ1) is 15.7. The maximum Gasteiger partial charge on any atom is 0.413 e. The topological polar surface area (TPSA) is 43.4 Å². The van der Waals surface area contributed by atoms with Gasteiger partial charge in [0, 0.05) is 18.1 Å². The molecule has 98 valence electrons. The number of halogens is 3. The molecule has 0 bridgehead atoms. The Morgan fingerprint density at radius 2 is 1.65 bits per heavy atom. The van der Waals surface area contributed by atoms with E-state index in [0.717, 1.165) is 6.92 Å². The monoisotopic (exact) mass is 252 g/mol. The van der Waals surface area contributed by atoms with E-state index < -0.39 is 35.5 Å². The van der Waals surface area contributed by atoms with Crippen LogP contribution in [-0.4, -0.2) is 23.5 Å². The Hall–Kier alpha value is -1.33. The molecule has 0 spiro atoms. The number of hydrogen-bond donors (Lipinski definition) is 0. The van der Waals surface area contributed by atoms with Crippen molar-refractivity contribution in [3.05, 3.63) is 11.6 Å². The van der Waals surface area contributed by atoms with Crippen LogP contribution in [0.3, 0.4) is 0 Å². The van der Waals surface area contributed by atoms with Crippen molar-refractivity contribution in [2.24, 2.45) is 0 Å². The summed E-state index contributed by atoms with van der Waals surface area (Å²) in [5.74, 6) is -1.77. The van der Waals surface area contributed by atoms with Crippen LogP contribution in [0.15, 0.2) is 11.6 Å². The van der Waals surface area contributed by atoms with Gasteiger partial charge in [-0.1, -0.05) is 0 Å². The lowest BCUT2D eigenvalue weighted by Crippen LogP contribution is -2.24. The minimum absolute atomic E-state index is 0.326. The van der Waals surface area contributed by atoms with Gasteiger partial charge in [-0.2, -0.15) is 13.2 Å². The Balaban J connectivity index is 4.93. The van der Waals surface area contributed by atoms with Crippen molar-refractivity contribution in [1.82, 2.24) is 0 Å². The summed E-state index contributed by atoms with van der Waals surface area (Å²) in [5, 5.41) is 0. The van der Waals surface area contributed by atoms with Crippen LogP contribution in [0.1, 0.15) is 34.1 Å². The number of carbonyl (C=O) groups excluding carboxylic acids is 2. The van der Waals surface area contributed by atoms with Crippen molar-refractivity contribution in [1.29, 1.82) is 0 Å². The van der Waals surface area contributed by atoms with Gasteiger partial charge < -0.3 is 4.74 Å². The average Bonchev–Trinajstić information content (AvgIpc) is 1.95. The van der Waals surface area contributed by atoms with Crippen molar-refractivity contribution in [3.8, 4) is 0 Å². The number of esters is 1. The Bertz CT molecular complexity index is 335.